The first-order valence-corrected chi connectivity index (χ1v) is 6.43. The van der Waals surface area contributed by atoms with E-state index in [1.165, 1.54) is 0 Å². The van der Waals surface area contributed by atoms with E-state index >= 15 is 0 Å². The topological polar surface area (TPSA) is 47.6 Å². The van der Waals surface area contributed by atoms with E-state index in [4.69, 9.17) is 9.47 Å². The number of Topliss-reactive ketones (excluding diaryl/α,β-unsaturated/α-hetero) is 1. The Hall–Kier alpha value is -1.55. The summed E-state index contributed by atoms with van der Waals surface area (Å²) < 4.78 is 10.5. The van der Waals surface area contributed by atoms with E-state index in [1.54, 1.807) is 18.2 Å². The van der Waals surface area contributed by atoms with Crippen molar-refractivity contribution in [2.24, 2.45) is 0 Å². The van der Waals surface area contributed by atoms with Gasteiger partial charge in [0.25, 0.3) is 0 Å². The lowest BCUT2D eigenvalue weighted by Crippen LogP contribution is -2.36. The molecule has 1 aromatic carbocycles. The van der Waals surface area contributed by atoms with Crippen molar-refractivity contribution in [2.45, 2.75) is 32.7 Å². The second kappa shape index (κ2) is 5.87. The monoisotopic (exact) mass is 249 g/mol. The number of carbonyl (C=O) groups excluding carboxylic acids is 1. The van der Waals surface area contributed by atoms with Crippen LogP contribution in [0.3, 0.4) is 0 Å². The Morgan fingerprint density at radius 3 is 2.83 bits per heavy atom. The molecule has 1 heterocycles. The fraction of sp³-hybridized carbons (Fsp3) is 0.500. The number of rotatable bonds is 6. The van der Waals surface area contributed by atoms with Gasteiger partial charge in [0.05, 0.1) is 6.04 Å². The Labute approximate surface area is 107 Å². The molecular weight excluding hydrogens is 230 g/mol. The molecule has 1 atom stereocenters. The summed E-state index contributed by atoms with van der Waals surface area (Å²) in [7, 11) is 0. The second-order valence-corrected chi connectivity index (χ2v) is 4.33. The summed E-state index contributed by atoms with van der Waals surface area (Å²) >= 11 is 0. The van der Waals surface area contributed by atoms with Crippen molar-refractivity contribution in [3.05, 3.63) is 23.8 Å². The maximum absolute atomic E-state index is 12.4. The van der Waals surface area contributed by atoms with E-state index < -0.39 is 0 Å². The highest BCUT2D eigenvalue weighted by atomic mass is 16.7. The number of hydrogen-bond acceptors (Lipinski definition) is 4. The molecule has 0 bridgehead atoms. The first kappa shape index (κ1) is 12.9. The summed E-state index contributed by atoms with van der Waals surface area (Å²) in [5, 5.41) is 3.23. The zero-order valence-electron chi connectivity index (χ0n) is 10.9. The molecule has 0 unspecified atom stereocenters. The molecule has 0 fully saturated rings. The van der Waals surface area contributed by atoms with Crippen LogP contribution in [0, 0.1) is 0 Å². The fourth-order valence-electron chi connectivity index (χ4n) is 2.11. The molecule has 0 spiro atoms. The van der Waals surface area contributed by atoms with Gasteiger partial charge in [0.15, 0.2) is 17.3 Å². The molecule has 18 heavy (non-hydrogen) atoms. The minimum absolute atomic E-state index is 0.111. The van der Waals surface area contributed by atoms with Gasteiger partial charge >= 0.3 is 0 Å². The molecule has 0 aromatic heterocycles. The number of likely N-dealkylation sites (N-methyl/N-ethyl adjacent to an activating group) is 1. The van der Waals surface area contributed by atoms with Gasteiger partial charge in [-0.3, -0.25) is 4.79 Å². The number of ketones is 1. The van der Waals surface area contributed by atoms with Gasteiger partial charge in [-0.1, -0.05) is 20.3 Å². The van der Waals surface area contributed by atoms with E-state index in [1.807, 2.05) is 6.92 Å². The Kier molecular flexibility index (Phi) is 4.20. The molecule has 0 amide bonds. The summed E-state index contributed by atoms with van der Waals surface area (Å²) in [5.74, 6) is 1.49. The minimum atomic E-state index is -0.111. The van der Waals surface area contributed by atoms with Crippen molar-refractivity contribution in [3.8, 4) is 11.5 Å². The maximum Gasteiger partial charge on any atom is 0.231 e. The van der Waals surface area contributed by atoms with E-state index in [9.17, 15) is 4.79 Å². The number of nitrogens with one attached hydrogen (secondary N) is 1. The summed E-state index contributed by atoms with van der Waals surface area (Å²) in [4.78, 5) is 12.4. The lowest BCUT2D eigenvalue weighted by atomic mass is 10.00. The summed E-state index contributed by atoms with van der Waals surface area (Å²) in [6.07, 6.45) is 1.83. The second-order valence-electron chi connectivity index (χ2n) is 4.33. The van der Waals surface area contributed by atoms with Crippen LogP contribution in [0.15, 0.2) is 18.2 Å². The van der Waals surface area contributed by atoms with Crippen LogP contribution in [0.1, 0.15) is 37.0 Å². The van der Waals surface area contributed by atoms with Crippen LogP contribution in [-0.4, -0.2) is 25.2 Å². The number of carbonyl (C=O) groups is 1. The molecule has 98 valence electrons. The standard InChI is InChI=1S/C14H19NO3/c1-3-5-11(15-4-2)14(16)10-6-7-12-13(8-10)18-9-17-12/h6-8,11,15H,3-5,9H2,1-2H3/t11-/m1/s1. The van der Waals surface area contributed by atoms with Crippen molar-refractivity contribution in [3.63, 3.8) is 0 Å². The number of benzene rings is 1. The largest absolute Gasteiger partial charge is 0.454 e. The van der Waals surface area contributed by atoms with Crippen molar-refractivity contribution in [1.29, 1.82) is 0 Å². The van der Waals surface area contributed by atoms with Crippen molar-refractivity contribution in [2.75, 3.05) is 13.3 Å². The van der Waals surface area contributed by atoms with Crippen molar-refractivity contribution < 1.29 is 14.3 Å². The van der Waals surface area contributed by atoms with Crippen LogP contribution in [0.2, 0.25) is 0 Å². The van der Waals surface area contributed by atoms with Gasteiger partial charge < -0.3 is 14.8 Å². The third-order valence-electron chi connectivity index (χ3n) is 3.00. The molecule has 4 heteroatoms. The van der Waals surface area contributed by atoms with Gasteiger partial charge in [0, 0.05) is 5.56 Å². The van der Waals surface area contributed by atoms with Gasteiger partial charge in [-0.15, -0.1) is 0 Å². The Morgan fingerprint density at radius 2 is 2.11 bits per heavy atom. The van der Waals surface area contributed by atoms with E-state index in [-0.39, 0.29) is 18.6 Å². The van der Waals surface area contributed by atoms with E-state index in [0.717, 1.165) is 19.4 Å². The lowest BCUT2D eigenvalue weighted by Gasteiger charge is -2.15. The van der Waals surface area contributed by atoms with Crippen LogP contribution >= 0.6 is 0 Å². The molecular formula is C14H19NO3. The predicted octanol–water partition coefficient (Wildman–Crippen LogP) is 2.38. The van der Waals surface area contributed by atoms with E-state index in [0.29, 0.717) is 17.1 Å². The number of hydrogen-bond donors (Lipinski definition) is 1. The minimum Gasteiger partial charge on any atom is -0.454 e. The molecule has 0 radical (unpaired) electrons. The highest BCUT2D eigenvalue weighted by molar-refractivity contribution is 6.00. The molecule has 1 N–H and O–H groups in total. The quantitative estimate of drug-likeness (QED) is 0.786. The highest BCUT2D eigenvalue weighted by Crippen LogP contribution is 2.32. The normalized spacial score (nSPS) is 14.6. The maximum atomic E-state index is 12.4. The SMILES string of the molecule is CCC[C@@H](NCC)C(=O)c1ccc2c(c1)OCO2. The molecule has 1 aromatic rings. The third-order valence-corrected chi connectivity index (χ3v) is 3.00. The molecule has 4 nitrogen and oxygen atoms in total. The summed E-state index contributed by atoms with van der Waals surface area (Å²) in [6, 6.07) is 5.26. The average Bonchev–Trinajstić information content (AvgIpc) is 2.84. The lowest BCUT2D eigenvalue weighted by molar-refractivity contribution is 0.0938. The van der Waals surface area contributed by atoms with Gasteiger partial charge in [-0.05, 0) is 31.2 Å². The zero-order chi connectivity index (χ0) is 13.0. The van der Waals surface area contributed by atoms with Crippen LogP contribution in [0.4, 0.5) is 0 Å². The molecule has 0 aliphatic carbocycles. The van der Waals surface area contributed by atoms with E-state index in [2.05, 4.69) is 12.2 Å². The Morgan fingerprint density at radius 1 is 1.33 bits per heavy atom. The van der Waals surface area contributed by atoms with Gasteiger partial charge in [-0.25, -0.2) is 0 Å². The van der Waals surface area contributed by atoms with Gasteiger partial charge in [-0.2, -0.15) is 0 Å². The first-order chi connectivity index (χ1) is 8.76. The zero-order valence-corrected chi connectivity index (χ0v) is 10.9. The van der Waals surface area contributed by atoms with Crippen LogP contribution in [-0.2, 0) is 0 Å². The number of ether oxygens (including phenoxy) is 2. The number of fused-ring (bicyclic) bond motifs is 1. The first-order valence-electron chi connectivity index (χ1n) is 6.43. The van der Waals surface area contributed by atoms with Gasteiger partial charge in [0.1, 0.15) is 0 Å². The van der Waals surface area contributed by atoms with Crippen LogP contribution in [0.25, 0.3) is 0 Å². The van der Waals surface area contributed by atoms with Crippen molar-refractivity contribution in [1.82, 2.24) is 5.32 Å². The smallest absolute Gasteiger partial charge is 0.231 e. The molecule has 1 aliphatic heterocycles. The summed E-state index contributed by atoms with van der Waals surface area (Å²) in [6.45, 7) is 5.12. The summed E-state index contributed by atoms with van der Waals surface area (Å²) in [5.41, 5.74) is 0.679. The fourth-order valence-corrected chi connectivity index (χ4v) is 2.11. The predicted molar refractivity (Wildman–Crippen MR) is 69.3 cm³/mol. The van der Waals surface area contributed by atoms with Crippen LogP contribution < -0.4 is 14.8 Å². The molecule has 1 aliphatic rings. The highest BCUT2D eigenvalue weighted by Gasteiger charge is 2.21. The Bertz CT molecular complexity index is 425. The molecule has 0 saturated carbocycles. The van der Waals surface area contributed by atoms with Gasteiger partial charge in [0.2, 0.25) is 6.79 Å². The molecule has 0 saturated heterocycles. The Balaban J connectivity index is 2.16. The molecule has 2 rings (SSSR count). The van der Waals surface area contributed by atoms with Crippen molar-refractivity contribution >= 4 is 5.78 Å². The van der Waals surface area contributed by atoms with Crippen LogP contribution in [0.5, 0.6) is 11.5 Å². The third kappa shape index (κ3) is 2.64. The average molecular weight is 249 g/mol.